The van der Waals surface area contributed by atoms with E-state index < -0.39 is 6.04 Å². The van der Waals surface area contributed by atoms with Crippen molar-refractivity contribution in [3.63, 3.8) is 0 Å². The van der Waals surface area contributed by atoms with Crippen molar-refractivity contribution in [1.29, 1.82) is 0 Å². The molecule has 5 heteroatoms. The van der Waals surface area contributed by atoms with E-state index in [0.717, 1.165) is 0 Å². The molecule has 0 aliphatic rings. The molecule has 0 fully saturated rings. The zero-order chi connectivity index (χ0) is 12.1. The summed E-state index contributed by atoms with van der Waals surface area (Å²) in [7, 11) is 0. The molecular weight excluding hydrogens is 226 g/mol. The van der Waals surface area contributed by atoms with Gasteiger partial charge in [-0.25, -0.2) is 0 Å². The lowest BCUT2D eigenvalue weighted by atomic mass is 10.0. The molecule has 0 aliphatic carbocycles. The van der Waals surface area contributed by atoms with Gasteiger partial charge in [-0.15, -0.1) is 0 Å². The lowest BCUT2D eigenvalue weighted by Crippen LogP contribution is -2.36. The van der Waals surface area contributed by atoms with Crippen molar-refractivity contribution >= 4 is 23.2 Å². The molecule has 1 rings (SSSR count). The Hall–Kier alpha value is -1.13. The molecule has 3 N–H and O–H groups in total. The number of hydrogen-bond donors (Lipinski definition) is 2. The van der Waals surface area contributed by atoms with E-state index in [1.54, 1.807) is 12.3 Å². The number of nitrogens with two attached hydrogens (primary N) is 1. The van der Waals surface area contributed by atoms with E-state index in [4.69, 9.17) is 17.3 Å². The van der Waals surface area contributed by atoms with Crippen molar-refractivity contribution in [1.82, 2.24) is 4.98 Å². The molecule has 0 aliphatic heterocycles. The van der Waals surface area contributed by atoms with Gasteiger partial charge < -0.3 is 11.1 Å². The molecule has 0 saturated heterocycles. The summed E-state index contributed by atoms with van der Waals surface area (Å²) in [6.45, 7) is 4.04. The van der Waals surface area contributed by atoms with Crippen LogP contribution in [0.25, 0.3) is 0 Å². The van der Waals surface area contributed by atoms with Crippen LogP contribution in [0.2, 0.25) is 5.02 Å². The van der Waals surface area contributed by atoms with Crippen LogP contribution >= 0.6 is 11.6 Å². The highest BCUT2D eigenvalue weighted by Crippen LogP contribution is 2.19. The Kier molecular flexibility index (Phi) is 4.71. The molecular formula is C11H16ClN3O. The van der Waals surface area contributed by atoms with E-state index in [-0.39, 0.29) is 5.91 Å². The van der Waals surface area contributed by atoms with Crippen LogP contribution in [0.5, 0.6) is 0 Å². The van der Waals surface area contributed by atoms with Gasteiger partial charge in [-0.2, -0.15) is 0 Å². The summed E-state index contributed by atoms with van der Waals surface area (Å²) >= 11 is 5.88. The number of amides is 1. The Labute approximate surface area is 100 Å². The summed E-state index contributed by atoms with van der Waals surface area (Å²) in [5.74, 6) is 0.147. The van der Waals surface area contributed by atoms with Crippen molar-refractivity contribution in [2.75, 3.05) is 5.32 Å². The number of aromatic nitrogens is 1. The van der Waals surface area contributed by atoms with Crippen molar-refractivity contribution in [2.45, 2.75) is 26.3 Å². The van der Waals surface area contributed by atoms with Crippen LogP contribution in [-0.4, -0.2) is 16.9 Å². The minimum atomic E-state index is -0.517. The van der Waals surface area contributed by atoms with Gasteiger partial charge in [0.05, 0.1) is 22.9 Å². The van der Waals surface area contributed by atoms with Crippen molar-refractivity contribution in [2.24, 2.45) is 11.7 Å². The topological polar surface area (TPSA) is 68.0 Å². The van der Waals surface area contributed by atoms with E-state index in [2.05, 4.69) is 10.3 Å². The van der Waals surface area contributed by atoms with Crippen LogP contribution in [0, 0.1) is 5.92 Å². The normalized spacial score (nSPS) is 12.6. The Bertz CT molecular complexity index is 368. The summed E-state index contributed by atoms with van der Waals surface area (Å²) in [4.78, 5) is 15.6. The van der Waals surface area contributed by atoms with Gasteiger partial charge >= 0.3 is 0 Å². The zero-order valence-corrected chi connectivity index (χ0v) is 10.2. The van der Waals surface area contributed by atoms with Crippen LogP contribution < -0.4 is 11.1 Å². The van der Waals surface area contributed by atoms with Crippen molar-refractivity contribution in [3.8, 4) is 0 Å². The first-order chi connectivity index (χ1) is 7.50. The quantitative estimate of drug-likeness (QED) is 0.848. The van der Waals surface area contributed by atoms with Gasteiger partial charge in [0.25, 0.3) is 0 Å². The molecule has 0 spiro atoms. The van der Waals surface area contributed by atoms with Gasteiger partial charge in [0.2, 0.25) is 5.91 Å². The smallest absolute Gasteiger partial charge is 0.241 e. The van der Waals surface area contributed by atoms with Crippen LogP contribution in [0.1, 0.15) is 20.3 Å². The molecule has 88 valence electrons. The fourth-order valence-corrected chi connectivity index (χ4v) is 1.46. The van der Waals surface area contributed by atoms with Gasteiger partial charge in [0.15, 0.2) is 0 Å². The minimum Gasteiger partial charge on any atom is -0.322 e. The number of nitrogens with zero attached hydrogens (tertiary/aromatic N) is 1. The maximum absolute atomic E-state index is 11.7. The van der Waals surface area contributed by atoms with Crippen molar-refractivity contribution < 1.29 is 4.79 Å². The number of carbonyl (C=O) groups excluding carboxylic acids is 1. The Balaban J connectivity index is 2.61. The molecule has 0 bridgehead atoms. The fourth-order valence-electron chi connectivity index (χ4n) is 1.31. The molecule has 0 aromatic carbocycles. The monoisotopic (exact) mass is 241 g/mol. The third-order valence-electron chi connectivity index (χ3n) is 2.09. The van der Waals surface area contributed by atoms with Crippen molar-refractivity contribution in [3.05, 3.63) is 23.5 Å². The van der Waals surface area contributed by atoms with E-state index in [1.165, 1.54) is 6.20 Å². The maximum Gasteiger partial charge on any atom is 0.241 e. The van der Waals surface area contributed by atoms with E-state index in [9.17, 15) is 4.79 Å². The summed E-state index contributed by atoms with van der Waals surface area (Å²) in [6, 6.07) is 1.10. The average molecular weight is 242 g/mol. The second-order valence-corrected chi connectivity index (χ2v) is 4.49. The van der Waals surface area contributed by atoms with Gasteiger partial charge in [-0.3, -0.25) is 9.78 Å². The molecule has 0 radical (unpaired) electrons. The van der Waals surface area contributed by atoms with E-state index in [1.807, 2.05) is 13.8 Å². The average Bonchev–Trinajstić information content (AvgIpc) is 2.20. The first kappa shape index (κ1) is 12.9. The Morgan fingerprint density at radius 2 is 2.31 bits per heavy atom. The largest absolute Gasteiger partial charge is 0.322 e. The molecule has 0 saturated carbocycles. The molecule has 1 heterocycles. The highest BCUT2D eigenvalue weighted by atomic mass is 35.5. The van der Waals surface area contributed by atoms with Gasteiger partial charge in [0, 0.05) is 6.20 Å². The number of pyridine rings is 1. The predicted octanol–water partition coefficient (Wildman–Crippen LogP) is 2.05. The number of nitrogens with one attached hydrogen (secondary N) is 1. The third kappa shape index (κ3) is 3.79. The number of halogens is 1. The zero-order valence-electron chi connectivity index (χ0n) is 9.40. The standard InChI is InChI=1S/C11H16ClN3O/c1-7(2)5-9(13)11(16)15-10-6-14-4-3-8(10)12/h3-4,6-7,9H,5,13H2,1-2H3,(H,15,16)/t9-/m0/s1. The van der Waals surface area contributed by atoms with Crippen LogP contribution in [0.15, 0.2) is 18.5 Å². The second kappa shape index (κ2) is 5.82. The van der Waals surface area contributed by atoms with Crippen LogP contribution in [0.3, 0.4) is 0 Å². The van der Waals surface area contributed by atoms with E-state index >= 15 is 0 Å². The Morgan fingerprint density at radius 3 is 2.88 bits per heavy atom. The summed E-state index contributed by atoms with van der Waals surface area (Å²) in [6.07, 6.45) is 3.71. The Morgan fingerprint density at radius 1 is 1.62 bits per heavy atom. The number of carbonyl (C=O) groups is 1. The lowest BCUT2D eigenvalue weighted by molar-refractivity contribution is -0.117. The first-order valence-corrected chi connectivity index (χ1v) is 5.54. The first-order valence-electron chi connectivity index (χ1n) is 5.16. The summed E-state index contributed by atoms with van der Waals surface area (Å²) in [5.41, 5.74) is 6.23. The summed E-state index contributed by atoms with van der Waals surface area (Å²) in [5, 5.41) is 3.12. The summed E-state index contributed by atoms with van der Waals surface area (Å²) < 4.78 is 0. The molecule has 1 aromatic rings. The second-order valence-electron chi connectivity index (χ2n) is 4.08. The molecule has 1 aromatic heterocycles. The van der Waals surface area contributed by atoms with Crippen LogP contribution in [0.4, 0.5) is 5.69 Å². The predicted molar refractivity (Wildman–Crippen MR) is 65.3 cm³/mol. The van der Waals surface area contributed by atoms with Gasteiger partial charge in [0.1, 0.15) is 0 Å². The fraction of sp³-hybridized carbons (Fsp3) is 0.455. The molecule has 4 nitrogen and oxygen atoms in total. The molecule has 1 amide bonds. The maximum atomic E-state index is 11.7. The van der Waals surface area contributed by atoms with Gasteiger partial charge in [-0.05, 0) is 18.4 Å². The number of rotatable bonds is 4. The SMILES string of the molecule is CC(C)C[C@H](N)C(=O)Nc1cnccc1Cl. The number of anilines is 1. The molecule has 0 unspecified atom stereocenters. The van der Waals surface area contributed by atoms with Gasteiger partial charge in [-0.1, -0.05) is 25.4 Å². The van der Waals surface area contributed by atoms with E-state index in [0.29, 0.717) is 23.0 Å². The van der Waals surface area contributed by atoms with Crippen LogP contribution in [-0.2, 0) is 4.79 Å². The molecule has 1 atom stereocenters. The lowest BCUT2D eigenvalue weighted by Gasteiger charge is -2.14. The third-order valence-corrected chi connectivity index (χ3v) is 2.42. The molecule has 16 heavy (non-hydrogen) atoms. The highest BCUT2D eigenvalue weighted by Gasteiger charge is 2.15. The highest BCUT2D eigenvalue weighted by molar-refractivity contribution is 6.33. The minimum absolute atomic E-state index is 0.233. The number of hydrogen-bond acceptors (Lipinski definition) is 3.